The van der Waals surface area contributed by atoms with Crippen LogP contribution in [0.3, 0.4) is 0 Å². The Morgan fingerprint density at radius 1 is 1.27 bits per heavy atom. The number of amides is 2. The molecule has 1 saturated heterocycles. The van der Waals surface area contributed by atoms with Crippen molar-refractivity contribution in [1.82, 2.24) is 10.2 Å². The molecule has 1 spiro atoms. The monoisotopic (exact) mass is 358 g/mol. The van der Waals surface area contributed by atoms with Gasteiger partial charge in [-0.3, -0.25) is 14.5 Å². The molecule has 0 aromatic heterocycles. The van der Waals surface area contributed by atoms with Crippen LogP contribution in [0.25, 0.3) is 0 Å². The normalized spacial score (nSPS) is 29.6. The summed E-state index contributed by atoms with van der Waals surface area (Å²) in [5.74, 6) is 0.409. The fraction of sp³-hybridized carbons (Fsp3) is 0.619. The van der Waals surface area contributed by atoms with Crippen LogP contribution in [0, 0.1) is 5.92 Å². The van der Waals surface area contributed by atoms with Crippen LogP contribution < -0.4 is 5.32 Å². The van der Waals surface area contributed by atoms with Crippen LogP contribution in [0.4, 0.5) is 0 Å². The summed E-state index contributed by atoms with van der Waals surface area (Å²) in [6, 6.07) is 8.74. The molecule has 2 aliphatic rings. The minimum atomic E-state index is -0.642. The van der Waals surface area contributed by atoms with E-state index in [0.29, 0.717) is 11.5 Å². The second-order valence-corrected chi connectivity index (χ2v) is 7.81. The largest absolute Gasteiger partial charge is 0.353 e. The fourth-order valence-corrected chi connectivity index (χ4v) is 3.94. The van der Waals surface area contributed by atoms with E-state index in [9.17, 15) is 9.59 Å². The third-order valence-corrected chi connectivity index (χ3v) is 5.86. The van der Waals surface area contributed by atoms with Crippen molar-refractivity contribution in [3.8, 4) is 0 Å². The topological polar surface area (TPSA) is 58.6 Å². The van der Waals surface area contributed by atoms with Gasteiger partial charge in [0.2, 0.25) is 5.91 Å². The first-order valence-corrected chi connectivity index (χ1v) is 9.80. The second kappa shape index (κ2) is 7.78. The smallest absolute Gasteiger partial charge is 0.256 e. The average molecular weight is 358 g/mol. The van der Waals surface area contributed by atoms with E-state index in [2.05, 4.69) is 12.2 Å². The van der Waals surface area contributed by atoms with Gasteiger partial charge in [-0.25, -0.2) is 0 Å². The molecule has 1 aromatic rings. The first-order chi connectivity index (χ1) is 12.5. The first-order valence-electron chi connectivity index (χ1n) is 9.80. The lowest BCUT2D eigenvalue weighted by atomic mass is 9.83. The molecule has 5 nitrogen and oxygen atoms in total. The third-order valence-electron chi connectivity index (χ3n) is 5.86. The molecular formula is C21H30N2O3. The molecule has 1 aliphatic carbocycles. The van der Waals surface area contributed by atoms with Crippen LogP contribution in [-0.2, 0) is 9.53 Å². The molecule has 1 aliphatic heterocycles. The zero-order valence-corrected chi connectivity index (χ0v) is 16.0. The van der Waals surface area contributed by atoms with E-state index in [1.807, 2.05) is 44.2 Å². The SMILES string of the molecule is CC[C@H](C)NC(=O)[C@@H]1COC2(CCC(C)CC2)N1C(=O)c1ccccc1. The third kappa shape index (κ3) is 3.63. The van der Waals surface area contributed by atoms with E-state index >= 15 is 0 Å². The van der Waals surface area contributed by atoms with E-state index in [4.69, 9.17) is 4.74 Å². The molecule has 1 N–H and O–H groups in total. The van der Waals surface area contributed by atoms with Crippen molar-refractivity contribution in [3.05, 3.63) is 35.9 Å². The number of carbonyl (C=O) groups excluding carboxylic acids is 2. The molecule has 142 valence electrons. The molecule has 3 rings (SSSR count). The van der Waals surface area contributed by atoms with E-state index in [1.54, 1.807) is 4.90 Å². The second-order valence-electron chi connectivity index (χ2n) is 7.81. The van der Waals surface area contributed by atoms with E-state index < -0.39 is 11.8 Å². The maximum Gasteiger partial charge on any atom is 0.256 e. The summed E-state index contributed by atoms with van der Waals surface area (Å²) < 4.78 is 6.18. The predicted molar refractivity (Wildman–Crippen MR) is 101 cm³/mol. The van der Waals surface area contributed by atoms with Gasteiger partial charge >= 0.3 is 0 Å². The minimum absolute atomic E-state index is 0.0825. The summed E-state index contributed by atoms with van der Waals surface area (Å²) in [7, 11) is 0. The van der Waals surface area contributed by atoms with Crippen molar-refractivity contribution in [2.75, 3.05) is 6.61 Å². The molecule has 2 atom stereocenters. The Labute approximate surface area is 156 Å². The quantitative estimate of drug-likeness (QED) is 0.898. The number of hydrogen-bond donors (Lipinski definition) is 1. The van der Waals surface area contributed by atoms with Gasteiger partial charge in [0.1, 0.15) is 11.8 Å². The molecule has 2 amide bonds. The minimum Gasteiger partial charge on any atom is -0.353 e. The number of benzene rings is 1. The molecule has 0 radical (unpaired) electrons. The standard InChI is InChI=1S/C21H30N2O3/c1-4-16(3)22-19(24)18-14-26-21(12-10-15(2)11-13-21)23(18)20(25)17-8-6-5-7-9-17/h5-9,15-16,18H,4,10-14H2,1-3H3,(H,22,24)/t15?,16-,18-,21?/m0/s1. The fourth-order valence-electron chi connectivity index (χ4n) is 3.94. The number of rotatable bonds is 4. The van der Waals surface area contributed by atoms with Crippen LogP contribution >= 0.6 is 0 Å². The van der Waals surface area contributed by atoms with Gasteiger partial charge in [-0.15, -0.1) is 0 Å². The summed E-state index contributed by atoms with van der Waals surface area (Å²) in [4.78, 5) is 27.9. The van der Waals surface area contributed by atoms with Gasteiger partial charge in [0.25, 0.3) is 5.91 Å². The van der Waals surface area contributed by atoms with Crippen molar-refractivity contribution in [3.63, 3.8) is 0 Å². The van der Waals surface area contributed by atoms with Gasteiger partial charge in [-0.1, -0.05) is 32.0 Å². The Morgan fingerprint density at radius 3 is 2.54 bits per heavy atom. The van der Waals surface area contributed by atoms with Crippen molar-refractivity contribution in [2.45, 2.75) is 70.7 Å². The molecular weight excluding hydrogens is 328 g/mol. The van der Waals surface area contributed by atoms with Crippen LogP contribution in [-0.4, -0.2) is 41.1 Å². The molecule has 0 unspecified atom stereocenters. The van der Waals surface area contributed by atoms with Crippen molar-refractivity contribution in [2.24, 2.45) is 5.92 Å². The molecule has 2 fully saturated rings. The van der Waals surface area contributed by atoms with Crippen LogP contribution in [0.15, 0.2) is 30.3 Å². The average Bonchev–Trinajstić information content (AvgIpc) is 3.03. The Bertz CT molecular complexity index is 638. The Hall–Kier alpha value is -1.88. The Balaban J connectivity index is 1.89. The first kappa shape index (κ1) is 18.9. The number of hydrogen-bond acceptors (Lipinski definition) is 3. The van der Waals surface area contributed by atoms with Crippen LogP contribution in [0.5, 0.6) is 0 Å². The lowest BCUT2D eigenvalue weighted by molar-refractivity contribution is -0.128. The van der Waals surface area contributed by atoms with Crippen molar-refractivity contribution >= 4 is 11.8 Å². The highest BCUT2D eigenvalue weighted by Crippen LogP contribution is 2.43. The van der Waals surface area contributed by atoms with Gasteiger partial charge in [0, 0.05) is 11.6 Å². The van der Waals surface area contributed by atoms with Crippen LogP contribution in [0.2, 0.25) is 0 Å². The zero-order chi connectivity index (χ0) is 18.7. The summed E-state index contributed by atoms with van der Waals surface area (Å²) in [6.07, 6.45) is 4.46. The lowest BCUT2D eigenvalue weighted by Gasteiger charge is -2.43. The number of nitrogens with one attached hydrogen (secondary N) is 1. The van der Waals surface area contributed by atoms with Gasteiger partial charge in [-0.05, 0) is 57.1 Å². The Morgan fingerprint density at radius 2 is 1.92 bits per heavy atom. The van der Waals surface area contributed by atoms with Crippen molar-refractivity contribution < 1.29 is 14.3 Å². The highest BCUT2D eigenvalue weighted by Gasteiger charge is 2.53. The molecule has 1 aromatic carbocycles. The highest BCUT2D eigenvalue weighted by atomic mass is 16.5. The molecule has 26 heavy (non-hydrogen) atoms. The zero-order valence-electron chi connectivity index (χ0n) is 16.0. The van der Waals surface area contributed by atoms with Gasteiger partial charge in [-0.2, -0.15) is 0 Å². The van der Waals surface area contributed by atoms with Gasteiger partial charge in [0.05, 0.1) is 6.61 Å². The van der Waals surface area contributed by atoms with E-state index in [-0.39, 0.29) is 24.5 Å². The van der Waals surface area contributed by atoms with Gasteiger partial charge < -0.3 is 10.1 Å². The predicted octanol–water partition coefficient (Wildman–Crippen LogP) is 3.35. The highest BCUT2D eigenvalue weighted by molar-refractivity contribution is 5.98. The van der Waals surface area contributed by atoms with E-state index in [1.165, 1.54) is 0 Å². The number of ether oxygens (including phenoxy) is 1. The Kier molecular flexibility index (Phi) is 5.66. The van der Waals surface area contributed by atoms with Gasteiger partial charge in [0.15, 0.2) is 0 Å². The number of carbonyl (C=O) groups is 2. The van der Waals surface area contributed by atoms with E-state index in [0.717, 1.165) is 32.1 Å². The summed E-state index contributed by atoms with van der Waals surface area (Å²) >= 11 is 0. The summed E-state index contributed by atoms with van der Waals surface area (Å²) in [5, 5.41) is 3.03. The summed E-state index contributed by atoms with van der Waals surface area (Å²) in [5.41, 5.74) is -0.0333. The molecule has 1 heterocycles. The maximum atomic E-state index is 13.3. The molecule has 1 saturated carbocycles. The van der Waals surface area contributed by atoms with Crippen molar-refractivity contribution in [1.29, 1.82) is 0 Å². The molecule has 5 heteroatoms. The number of nitrogens with zero attached hydrogens (tertiary/aromatic N) is 1. The summed E-state index contributed by atoms with van der Waals surface area (Å²) in [6.45, 7) is 6.52. The van der Waals surface area contributed by atoms with Crippen LogP contribution in [0.1, 0.15) is 63.2 Å². The molecule has 0 bridgehead atoms. The lowest BCUT2D eigenvalue weighted by Crippen LogP contribution is -2.57. The maximum absolute atomic E-state index is 13.3.